The van der Waals surface area contributed by atoms with Crippen LogP contribution in [0.5, 0.6) is 0 Å². The molecule has 1 atom stereocenters. The number of carbonyl (C=O) groups is 2. The van der Waals surface area contributed by atoms with Crippen molar-refractivity contribution >= 4 is 17.6 Å². The quantitative estimate of drug-likeness (QED) is 0.559. The summed E-state index contributed by atoms with van der Waals surface area (Å²) in [7, 11) is 0. The van der Waals surface area contributed by atoms with Crippen molar-refractivity contribution in [2.24, 2.45) is 11.7 Å². The van der Waals surface area contributed by atoms with Gasteiger partial charge < -0.3 is 21.3 Å². The third kappa shape index (κ3) is 6.19. The van der Waals surface area contributed by atoms with Crippen LogP contribution in [0.1, 0.15) is 68.3 Å². The van der Waals surface area contributed by atoms with Crippen LogP contribution >= 0.6 is 0 Å². The summed E-state index contributed by atoms with van der Waals surface area (Å²) < 4.78 is 0. The van der Waals surface area contributed by atoms with E-state index in [1.54, 1.807) is 12.4 Å². The highest BCUT2D eigenvalue weighted by Gasteiger charge is 2.33. The van der Waals surface area contributed by atoms with Crippen LogP contribution in [0.4, 0.5) is 5.82 Å². The molecule has 4 N–H and O–H groups in total. The van der Waals surface area contributed by atoms with E-state index in [0.717, 1.165) is 70.9 Å². The SMILES string of the molecule is N[C@H](C(=O)N1CCCC1)[C@H]1CC[C@H](NC(=O)c2nccnc2NCCC2=CC=CCC2)CC1. The Hall–Kier alpha value is -2.74. The first kappa shape index (κ1) is 23.4. The molecule has 0 unspecified atom stereocenters. The van der Waals surface area contributed by atoms with Crippen molar-refractivity contribution in [2.45, 2.75) is 69.9 Å². The summed E-state index contributed by atoms with van der Waals surface area (Å²) in [6.45, 7) is 2.38. The highest BCUT2D eigenvalue weighted by molar-refractivity contribution is 5.96. The molecule has 2 heterocycles. The zero-order valence-electron chi connectivity index (χ0n) is 19.3. The number of nitrogens with one attached hydrogen (secondary N) is 2. The highest BCUT2D eigenvalue weighted by Crippen LogP contribution is 2.28. The first-order valence-corrected chi connectivity index (χ1v) is 12.4. The number of likely N-dealkylation sites (tertiary alicyclic amines) is 1. The third-order valence-corrected chi connectivity index (χ3v) is 7.07. The highest BCUT2D eigenvalue weighted by atomic mass is 16.2. The van der Waals surface area contributed by atoms with E-state index < -0.39 is 6.04 Å². The number of nitrogens with zero attached hydrogens (tertiary/aromatic N) is 3. The number of hydrogen-bond acceptors (Lipinski definition) is 6. The largest absolute Gasteiger partial charge is 0.368 e. The number of anilines is 1. The van der Waals surface area contributed by atoms with E-state index in [1.807, 2.05) is 4.90 Å². The Morgan fingerprint density at radius 3 is 2.61 bits per heavy atom. The first-order valence-electron chi connectivity index (χ1n) is 12.4. The van der Waals surface area contributed by atoms with Gasteiger partial charge in [0.2, 0.25) is 5.91 Å². The van der Waals surface area contributed by atoms with Crippen LogP contribution in [0.3, 0.4) is 0 Å². The molecule has 0 spiro atoms. The summed E-state index contributed by atoms with van der Waals surface area (Å²) in [5.41, 5.74) is 8.05. The second kappa shape index (κ2) is 11.4. The van der Waals surface area contributed by atoms with Crippen molar-refractivity contribution in [3.05, 3.63) is 41.9 Å². The van der Waals surface area contributed by atoms with Crippen molar-refractivity contribution < 1.29 is 9.59 Å². The second-order valence-electron chi connectivity index (χ2n) is 9.37. The molecule has 3 aliphatic rings. The molecule has 1 aromatic rings. The molecule has 0 aromatic carbocycles. The molecule has 2 aliphatic carbocycles. The average molecular weight is 453 g/mol. The summed E-state index contributed by atoms with van der Waals surface area (Å²) in [4.78, 5) is 36.1. The lowest BCUT2D eigenvalue weighted by atomic mass is 9.81. The van der Waals surface area contributed by atoms with Crippen LogP contribution in [-0.4, -0.2) is 58.4 Å². The maximum absolute atomic E-state index is 12.9. The molecule has 178 valence electrons. The molecule has 4 rings (SSSR count). The van der Waals surface area contributed by atoms with E-state index in [4.69, 9.17) is 5.73 Å². The summed E-state index contributed by atoms with van der Waals surface area (Å²) in [6, 6.07) is -0.359. The van der Waals surface area contributed by atoms with E-state index >= 15 is 0 Å². The van der Waals surface area contributed by atoms with Gasteiger partial charge in [-0.25, -0.2) is 9.97 Å². The Morgan fingerprint density at radius 1 is 1.12 bits per heavy atom. The minimum Gasteiger partial charge on any atom is -0.368 e. The van der Waals surface area contributed by atoms with Crippen LogP contribution in [0.15, 0.2) is 36.2 Å². The topological polar surface area (TPSA) is 113 Å². The Bertz CT molecular complexity index is 885. The standard InChI is InChI=1S/C25H36N6O2/c26-21(25(33)31-16-4-5-17-31)19-8-10-20(11-9-19)30-24(32)22-23(29-15-14-27-22)28-13-12-18-6-2-1-3-7-18/h1-2,6,14-15,19-21H,3-5,7-13,16-17,26H2,(H,28,29)(H,30,32)/t19-,20-,21-/m0/s1. The van der Waals surface area contributed by atoms with Gasteiger partial charge in [-0.2, -0.15) is 0 Å². The van der Waals surface area contributed by atoms with Crippen LogP contribution in [0, 0.1) is 5.92 Å². The fraction of sp³-hybridized carbons (Fsp3) is 0.600. The predicted molar refractivity (Wildman–Crippen MR) is 129 cm³/mol. The van der Waals surface area contributed by atoms with Gasteiger partial charge in [-0.05, 0) is 63.7 Å². The number of amides is 2. The molecule has 0 bridgehead atoms. The first-order chi connectivity index (χ1) is 16.1. The molecule has 1 aromatic heterocycles. The molecular weight excluding hydrogens is 416 g/mol. The van der Waals surface area contributed by atoms with Gasteiger partial charge >= 0.3 is 0 Å². The summed E-state index contributed by atoms with van der Waals surface area (Å²) in [6.07, 6.45) is 18.2. The fourth-order valence-corrected chi connectivity index (χ4v) is 5.06. The van der Waals surface area contributed by atoms with Crippen LogP contribution in [-0.2, 0) is 4.79 Å². The normalized spacial score (nSPS) is 23.7. The lowest BCUT2D eigenvalue weighted by molar-refractivity contribution is -0.133. The molecular formula is C25H36N6O2. The van der Waals surface area contributed by atoms with Crippen molar-refractivity contribution in [3.63, 3.8) is 0 Å². The Balaban J connectivity index is 1.25. The number of aromatic nitrogens is 2. The minimum atomic E-state index is -0.426. The van der Waals surface area contributed by atoms with Gasteiger partial charge in [-0.15, -0.1) is 0 Å². The third-order valence-electron chi connectivity index (χ3n) is 7.07. The fourth-order valence-electron chi connectivity index (χ4n) is 5.06. The summed E-state index contributed by atoms with van der Waals surface area (Å²) in [5.74, 6) is 0.597. The molecule has 0 radical (unpaired) electrons. The summed E-state index contributed by atoms with van der Waals surface area (Å²) >= 11 is 0. The van der Waals surface area contributed by atoms with E-state index in [9.17, 15) is 9.59 Å². The number of hydrogen-bond donors (Lipinski definition) is 3. The van der Waals surface area contributed by atoms with Gasteiger partial charge in [0.05, 0.1) is 6.04 Å². The number of rotatable bonds is 8. The van der Waals surface area contributed by atoms with Crippen LogP contribution in [0.25, 0.3) is 0 Å². The van der Waals surface area contributed by atoms with Gasteiger partial charge in [0.1, 0.15) is 0 Å². The van der Waals surface area contributed by atoms with Gasteiger partial charge in [-0.1, -0.05) is 23.8 Å². The maximum atomic E-state index is 12.9. The van der Waals surface area contributed by atoms with E-state index in [-0.39, 0.29) is 23.8 Å². The Labute approximate surface area is 196 Å². The van der Waals surface area contributed by atoms with Crippen molar-refractivity contribution in [2.75, 3.05) is 25.0 Å². The predicted octanol–water partition coefficient (Wildman–Crippen LogP) is 2.79. The van der Waals surface area contributed by atoms with Crippen molar-refractivity contribution in [1.82, 2.24) is 20.2 Å². The lowest BCUT2D eigenvalue weighted by Gasteiger charge is -2.33. The summed E-state index contributed by atoms with van der Waals surface area (Å²) in [5, 5.41) is 6.40. The number of allylic oxidation sites excluding steroid dienone is 3. The van der Waals surface area contributed by atoms with E-state index in [1.165, 1.54) is 5.57 Å². The molecule has 1 saturated heterocycles. The van der Waals surface area contributed by atoms with Gasteiger partial charge in [0.25, 0.3) is 5.91 Å². The van der Waals surface area contributed by atoms with Crippen LogP contribution < -0.4 is 16.4 Å². The van der Waals surface area contributed by atoms with Crippen molar-refractivity contribution in [3.8, 4) is 0 Å². The zero-order chi connectivity index (χ0) is 23.0. The average Bonchev–Trinajstić information content (AvgIpc) is 3.40. The Morgan fingerprint density at radius 2 is 1.88 bits per heavy atom. The smallest absolute Gasteiger partial charge is 0.273 e. The van der Waals surface area contributed by atoms with Gasteiger partial charge in [0.15, 0.2) is 11.5 Å². The molecule has 1 saturated carbocycles. The molecule has 2 amide bonds. The Kier molecular flexibility index (Phi) is 8.10. The number of nitrogens with two attached hydrogens (primary N) is 1. The van der Waals surface area contributed by atoms with Gasteiger partial charge in [-0.3, -0.25) is 9.59 Å². The van der Waals surface area contributed by atoms with Crippen molar-refractivity contribution in [1.29, 1.82) is 0 Å². The zero-order valence-corrected chi connectivity index (χ0v) is 19.3. The molecule has 2 fully saturated rings. The van der Waals surface area contributed by atoms with E-state index in [0.29, 0.717) is 18.1 Å². The maximum Gasteiger partial charge on any atom is 0.273 e. The van der Waals surface area contributed by atoms with E-state index in [2.05, 4.69) is 38.8 Å². The van der Waals surface area contributed by atoms with Crippen LogP contribution in [0.2, 0.25) is 0 Å². The molecule has 1 aliphatic heterocycles. The monoisotopic (exact) mass is 452 g/mol. The second-order valence-corrected chi connectivity index (χ2v) is 9.37. The molecule has 8 nitrogen and oxygen atoms in total. The van der Waals surface area contributed by atoms with Gasteiger partial charge in [0, 0.05) is 38.1 Å². The molecule has 8 heteroatoms. The molecule has 33 heavy (non-hydrogen) atoms. The minimum absolute atomic E-state index is 0.0666. The number of carbonyl (C=O) groups excluding carboxylic acids is 2. The lowest BCUT2D eigenvalue weighted by Crippen LogP contribution is -2.49.